The zero-order valence-electron chi connectivity index (χ0n) is 18.1. The van der Waals surface area contributed by atoms with Crippen LogP contribution in [0.25, 0.3) is 11.4 Å². The fourth-order valence-electron chi connectivity index (χ4n) is 4.26. The monoisotopic (exact) mass is 447 g/mol. The number of aromatic nitrogens is 3. The normalized spacial score (nSPS) is 17.1. The van der Waals surface area contributed by atoms with E-state index in [4.69, 9.17) is 4.74 Å². The summed E-state index contributed by atoms with van der Waals surface area (Å²) in [6.07, 6.45) is 4.60. The Labute approximate surface area is 190 Å². The third kappa shape index (κ3) is 4.58. The van der Waals surface area contributed by atoms with Gasteiger partial charge in [-0.3, -0.25) is 14.4 Å². The zero-order valence-corrected chi connectivity index (χ0v) is 18.1. The molecule has 170 valence electrons. The molecule has 9 nitrogen and oxygen atoms in total. The molecule has 2 N–H and O–H groups in total. The number of ether oxygens (including phenoxy) is 1. The third-order valence-electron chi connectivity index (χ3n) is 6.12. The Kier molecular flexibility index (Phi) is 5.78. The minimum Gasteiger partial charge on any atom is -0.371 e. The minimum absolute atomic E-state index is 0.00500. The topological polar surface area (TPSA) is 111 Å². The summed E-state index contributed by atoms with van der Waals surface area (Å²) >= 11 is 0. The Hall–Kier alpha value is -3.72. The molecule has 0 radical (unpaired) electrons. The second-order valence-corrected chi connectivity index (χ2v) is 8.41. The molecule has 33 heavy (non-hydrogen) atoms. The Morgan fingerprint density at radius 1 is 0.970 bits per heavy atom. The van der Waals surface area contributed by atoms with Crippen LogP contribution >= 0.6 is 0 Å². The molecule has 0 saturated carbocycles. The van der Waals surface area contributed by atoms with E-state index < -0.39 is 0 Å². The van der Waals surface area contributed by atoms with E-state index in [1.165, 1.54) is 12.3 Å². The largest absolute Gasteiger partial charge is 0.371 e. The molecule has 2 aliphatic rings. The summed E-state index contributed by atoms with van der Waals surface area (Å²) in [4.78, 5) is 50.2. The maximum Gasteiger partial charge on any atom is 0.272 e. The van der Waals surface area contributed by atoms with Gasteiger partial charge < -0.3 is 24.5 Å². The first-order valence-corrected chi connectivity index (χ1v) is 11.1. The second-order valence-electron chi connectivity index (χ2n) is 8.41. The molecule has 9 heteroatoms. The van der Waals surface area contributed by atoms with E-state index in [1.54, 1.807) is 22.1 Å². The molecule has 2 aliphatic heterocycles. The lowest BCUT2D eigenvalue weighted by Crippen LogP contribution is -2.56. The number of hydrogen-bond acceptors (Lipinski definition) is 5. The van der Waals surface area contributed by atoms with Crippen LogP contribution in [0.4, 0.5) is 0 Å². The van der Waals surface area contributed by atoms with Gasteiger partial charge >= 0.3 is 0 Å². The average Bonchev–Trinajstić information content (AvgIpc) is 3.32. The van der Waals surface area contributed by atoms with Gasteiger partial charge in [0, 0.05) is 49.6 Å². The van der Waals surface area contributed by atoms with Crippen molar-refractivity contribution in [2.45, 2.75) is 25.0 Å². The smallest absolute Gasteiger partial charge is 0.272 e. The molecule has 2 saturated heterocycles. The Bertz CT molecular complexity index is 1190. The van der Waals surface area contributed by atoms with Gasteiger partial charge in [-0.2, -0.15) is 0 Å². The molecule has 5 rings (SSSR count). The number of likely N-dealkylation sites (tertiary alicyclic amines) is 2. The van der Waals surface area contributed by atoms with E-state index >= 15 is 0 Å². The number of benzene rings is 1. The predicted octanol–water partition coefficient (Wildman–Crippen LogP) is 1.91. The SMILES string of the molecule is O=C(c1cc[nH]c(=O)c1)N1CCC(OC2CN(C(=O)c3cnc(-c4ccccc4)[nH]3)C2)CC1. The van der Waals surface area contributed by atoms with Crippen molar-refractivity contribution < 1.29 is 14.3 Å². The van der Waals surface area contributed by atoms with Crippen LogP contribution in [0.5, 0.6) is 0 Å². The lowest BCUT2D eigenvalue weighted by atomic mass is 10.0. The molecular weight excluding hydrogens is 422 g/mol. The Morgan fingerprint density at radius 2 is 1.73 bits per heavy atom. The van der Waals surface area contributed by atoms with Crippen molar-refractivity contribution in [3.63, 3.8) is 0 Å². The van der Waals surface area contributed by atoms with Gasteiger partial charge in [-0.25, -0.2) is 4.98 Å². The molecule has 1 aromatic carbocycles. The van der Waals surface area contributed by atoms with Crippen molar-refractivity contribution >= 4 is 11.8 Å². The van der Waals surface area contributed by atoms with Crippen LogP contribution in [0, 0.1) is 0 Å². The molecule has 0 bridgehead atoms. The van der Waals surface area contributed by atoms with Crippen molar-refractivity contribution in [2.24, 2.45) is 0 Å². The number of piperidine rings is 1. The Morgan fingerprint density at radius 3 is 2.45 bits per heavy atom. The first kappa shape index (κ1) is 21.1. The van der Waals surface area contributed by atoms with E-state index in [1.807, 2.05) is 30.3 Å². The van der Waals surface area contributed by atoms with Gasteiger partial charge in [0.25, 0.3) is 11.8 Å². The second kappa shape index (κ2) is 9.03. The number of nitrogens with zero attached hydrogens (tertiary/aromatic N) is 3. The van der Waals surface area contributed by atoms with Gasteiger partial charge in [-0.1, -0.05) is 30.3 Å². The number of carbonyl (C=O) groups is 2. The Balaban J connectivity index is 1.08. The summed E-state index contributed by atoms with van der Waals surface area (Å²) in [5, 5.41) is 0. The number of rotatable bonds is 5. The van der Waals surface area contributed by atoms with Crippen molar-refractivity contribution in [3.05, 3.63) is 76.5 Å². The van der Waals surface area contributed by atoms with Crippen LogP contribution in [-0.2, 0) is 4.74 Å². The molecule has 0 aliphatic carbocycles. The van der Waals surface area contributed by atoms with Crippen molar-refractivity contribution in [1.29, 1.82) is 0 Å². The quantitative estimate of drug-likeness (QED) is 0.621. The molecular formula is C24H25N5O4. The number of hydrogen-bond donors (Lipinski definition) is 2. The van der Waals surface area contributed by atoms with Crippen LogP contribution in [-0.4, -0.2) is 75.0 Å². The highest BCUT2D eigenvalue weighted by atomic mass is 16.5. The number of amides is 2. The number of carbonyl (C=O) groups excluding carboxylic acids is 2. The summed E-state index contributed by atoms with van der Waals surface area (Å²) in [6.45, 7) is 2.26. The minimum atomic E-state index is -0.283. The van der Waals surface area contributed by atoms with Crippen LogP contribution in [0.1, 0.15) is 33.7 Å². The van der Waals surface area contributed by atoms with Gasteiger partial charge in [0.1, 0.15) is 11.5 Å². The number of aromatic amines is 2. The number of H-pyrrole nitrogens is 2. The average molecular weight is 447 g/mol. The van der Waals surface area contributed by atoms with E-state index in [9.17, 15) is 14.4 Å². The fourth-order valence-corrected chi connectivity index (χ4v) is 4.26. The highest BCUT2D eigenvalue weighted by Crippen LogP contribution is 2.23. The standard InChI is InChI=1S/C24H25N5O4/c30-21-12-17(6-9-25-21)23(31)28-10-7-18(8-11-28)33-19-14-29(15-19)24(32)20-13-26-22(27-20)16-4-2-1-3-5-16/h1-6,9,12-13,18-19H,7-8,10-11,14-15H2,(H,25,30)(H,26,27). The van der Waals surface area contributed by atoms with Gasteiger partial charge in [-0.05, 0) is 18.9 Å². The zero-order chi connectivity index (χ0) is 22.8. The summed E-state index contributed by atoms with van der Waals surface area (Å²) < 4.78 is 6.16. The van der Waals surface area contributed by atoms with Crippen LogP contribution in [0.2, 0.25) is 0 Å². The van der Waals surface area contributed by atoms with E-state index in [2.05, 4.69) is 15.0 Å². The molecule has 2 fully saturated rings. The first-order valence-electron chi connectivity index (χ1n) is 11.1. The van der Waals surface area contributed by atoms with E-state index in [-0.39, 0.29) is 29.6 Å². The van der Waals surface area contributed by atoms with Crippen molar-refractivity contribution in [2.75, 3.05) is 26.2 Å². The number of nitrogens with one attached hydrogen (secondary N) is 2. The van der Waals surface area contributed by atoms with Crippen LogP contribution in [0.15, 0.2) is 59.7 Å². The number of pyridine rings is 1. The summed E-state index contributed by atoms with van der Waals surface area (Å²) in [7, 11) is 0. The highest BCUT2D eigenvalue weighted by molar-refractivity contribution is 5.94. The summed E-state index contributed by atoms with van der Waals surface area (Å²) in [6, 6.07) is 12.6. The first-order chi connectivity index (χ1) is 16.1. The molecule has 2 amide bonds. The molecule has 3 aromatic rings. The van der Waals surface area contributed by atoms with E-state index in [0.717, 1.165) is 18.4 Å². The number of imidazole rings is 1. The van der Waals surface area contributed by atoms with Crippen LogP contribution in [0.3, 0.4) is 0 Å². The molecule has 0 unspecified atom stereocenters. The fraction of sp³-hybridized carbons (Fsp3) is 0.333. The predicted molar refractivity (Wildman–Crippen MR) is 121 cm³/mol. The molecule has 2 aromatic heterocycles. The van der Waals surface area contributed by atoms with Crippen molar-refractivity contribution in [3.8, 4) is 11.4 Å². The summed E-state index contributed by atoms with van der Waals surface area (Å²) in [5.41, 5.74) is 1.53. The third-order valence-corrected chi connectivity index (χ3v) is 6.12. The molecule has 0 spiro atoms. The van der Waals surface area contributed by atoms with Gasteiger partial charge in [0.15, 0.2) is 0 Å². The van der Waals surface area contributed by atoms with E-state index in [0.29, 0.717) is 43.3 Å². The lowest BCUT2D eigenvalue weighted by Gasteiger charge is -2.42. The molecule has 0 atom stereocenters. The van der Waals surface area contributed by atoms with Gasteiger partial charge in [0.2, 0.25) is 5.56 Å². The molecule has 4 heterocycles. The van der Waals surface area contributed by atoms with Gasteiger partial charge in [0.05, 0.1) is 18.4 Å². The van der Waals surface area contributed by atoms with Gasteiger partial charge in [-0.15, -0.1) is 0 Å². The summed E-state index contributed by atoms with van der Waals surface area (Å²) in [5.74, 6) is 0.464. The maximum atomic E-state index is 12.7. The van der Waals surface area contributed by atoms with Crippen molar-refractivity contribution in [1.82, 2.24) is 24.8 Å². The lowest BCUT2D eigenvalue weighted by molar-refractivity contribution is -0.0943. The van der Waals surface area contributed by atoms with Crippen LogP contribution < -0.4 is 5.56 Å². The highest BCUT2D eigenvalue weighted by Gasteiger charge is 2.35. The maximum absolute atomic E-state index is 12.7.